The van der Waals surface area contributed by atoms with Crippen molar-refractivity contribution in [2.24, 2.45) is 0 Å². The van der Waals surface area contributed by atoms with Crippen LogP contribution in [-0.4, -0.2) is 55.1 Å². The van der Waals surface area contributed by atoms with Crippen LogP contribution in [0.1, 0.15) is 16.9 Å². The number of methoxy groups -OCH3 is 1. The Morgan fingerprint density at radius 1 is 1.25 bits per heavy atom. The lowest BCUT2D eigenvalue weighted by molar-refractivity contribution is 0.102. The molecular weight excluding hydrogens is 306 g/mol. The second-order valence-electron chi connectivity index (χ2n) is 5.56. The van der Waals surface area contributed by atoms with Gasteiger partial charge in [0.1, 0.15) is 17.3 Å². The van der Waals surface area contributed by atoms with Gasteiger partial charge in [-0.15, -0.1) is 0 Å². The Hall–Kier alpha value is -2.67. The molecule has 24 heavy (non-hydrogen) atoms. The number of anilines is 2. The minimum Gasteiger partial charge on any atom is -0.497 e. The first kappa shape index (κ1) is 17.7. The van der Waals surface area contributed by atoms with Gasteiger partial charge in [0.15, 0.2) is 0 Å². The van der Waals surface area contributed by atoms with E-state index in [9.17, 15) is 4.79 Å². The molecule has 0 atom stereocenters. The lowest BCUT2D eigenvalue weighted by Crippen LogP contribution is -2.17. The van der Waals surface area contributed by atoms with Crippen LogP contribution in [0.4, 0.5) is 11.5 Å². The van der Waals surface area contributed by atoms with Crippen molar-refractivity contribution in [3.05, 3.63) is 42.4 Å². The Balaban J connectivity index is 1.88. The van der Waals surface area contributed by atoms with E-state index >= 15 is 0 Å². The van der Waals surface area contributed by atoms with Crippen molar-refractivity contribution in [1.82, 2.24) is 14.9 Å². The zero-order valence-corrected chi connectivity index (χ0v) is 14.2. The molecule has 128 valence electrons. The van der Waals surface area contributed by atoms with Crippen molar-refractivity contribution in [3.63, 3.8) is 0 Å². The fourth-order valence-electron chi connectivity index (χ4n) is 2.04. The summed E-state index contributed by atoms with van der Waals surface area (Å²) in [6.07, 6.45) is 4.03. The van der Waals surface area contributed by atoms with Crippen LogP contribution in [-0.2, 0) is 0 Å². The first-order valence-electron chi connectivity index (χ1n) is 7.74. The largest absolute Gasteiger partial charge is 0.497 e. The van der Waals surface area contributed by atoms with E-state index < -0.39 is 0 Å². The fourth-order valence-corrected chi connectivity index (χ4v) is 2.04. The maximum absolute atomic E-state index is 12.2. The fraction of sp³-hybridized carbons (Fsp3) is 0.353. The lowest BCUT2D eigenvalue weighted by atomic mass is 10.3. The molecule has 0 saturated carbocycles. The van der Waals surface area contributed by atoms with E-state index in [4.69, 9.17) is 4.74 Å². The van der Waals surface area contributed by atoms with E-state index in [1.165, 1.54) is 6.20 Å². The molecule has 2 rings (SSSR count). The number of nitrogens with one attached hydrogen (secondary N) is 2. The zero-order chi connectivity index (χ0) is 17.4. The van der Waals surface area contributed by atoms with Crippen LogP contribution in [0.5, 0.6) is 5.75 Å². The van der Waals surface area contributed by atoms with Gasteiger partial charge in [0.25, 0.3) is 5.91 Å². The van der Waals surface area contributed by atoms with Crippen LogP contribution in [0.15, 0.2) is 36.7 Å². The Bertz CT molecular complexity index is 658. The number of carbonyl (C=O) groups is 1. The molecule has 0 spiro atoms. The first-order chi connectivity index (χ1) is 11.6. The lowest BCUT2D eigenvalue weighted by Gasteiger charge is -2.10. The normalized spacial score (nSPS) is 10.5. The summed E-state index contributed by atoms with van der Waals surface area (Å²) in [7, 11) is 5.65. The summed E-state index contributed by atoms with van der Waals surface area (Å²) < 4.78 is 5.13. The smallest absolute Gasteiger partial charge is 0.275 e. The molecule has 1 aromatic carbocycles. The minimum absolute atomic E-state index is 0.261. The third-order valence-corrected chi connectivity index (χ3v) is 3.30. The van der Waals surface area contributed by atoms with Crippen molar-refractivity contribution in [1.29, 1.82) is 0 Å². The van der Waals surface area contributed by atoms with E-state index in [1.807, 2.05) is 20.2 Å². The molecule has 0 aliphatic rings. The molecule has 0 fully saturated rings. The first-order valence-corrected chi connectivity index (χ1v) is 7.74. The van der Waals surface area contributed by atoms with Crippen molar-refractivity contribution in [2.45, 2.75) is 6.42 Å². The number of hydrogen-bond donors (Lipinski definition) is 2. The van der Waals surface area contributed by atoms with Gasteiger partial charge in [-0.3, -0.25) is 4.79 Å². The highest BCUT2D eigenvalue weighted by atomic mass is 16.5. The predicted octanol–water partition coefficient (Wildman–Crippen LogP) is 2.10. The molecule has 1 aromatic heterocycles. The number of nitrogens with zero attached hydrogens (tertiary/aromatic N) is 3. The number of benzene rings is 1. The monoisotopic (exact) mass is 329 g/mol. The third-order valence-electron chi connectivity index (χ3n) is 3.30. The van der Waals surface area contributed by atoms with E-state index in [-0.39, 0.29) is 11.6 Å². The minimum atomic E-state index is -0.310. The average molecular weight is 329 g/mol. The molecule has 2 aromatic rings. The highest BCUT2D eigenvalue weighted by Gasteiger charge is 2.09. The zero-order valence-electron chi connectivity index (χ0n) is 14.2. The van der Waals surface area contributed by atoms with Gasteiger partial charge in [-0.25, -0.2) is 9.97 Å². The van der Waals surface area contributed by atoms with Crippen LogP contribution in [0.3, 0.4) is 0 Å². The highest BCUT2D eigenvalue weighted by Crippen LogP contribution is 2.17. The molecule has 0 aliphatic carbocycles. The Labute approximate surface area is 142 Å². The van der Waals surface area contributed by atoms with E-state index in [0.29, 0.717) is 17.3 Å². The summed E-state index contributed by atoms with van der Waals surface area (Å²) in [6.45, 7) is 1.81. The summed E-state index contributed by atoms with van der Waals surface area (Å²) in [5.74, 6) is 1.03. The van der Waals surface area contributed by atoms with Gasteiger partial charge in [0.05, 0.1) is 19.5 Å². The van der Waals surface area contributed by atoms with Gasteiger partial charge < -0.3 is 20.3 Å². The second kappa shape index (κ2) is 8.83. The van der Waals surface area contributed by atoms with Gasteiger partial charge in [-0.05, 0) is 39.2 Å². The van der Waals surface area contributed by atoms with Crippen LogP contribution in [0.2, 0.25) is 0 Å². The van der Waals surface area contributed by atoms with Crippen molar-refractivity contribution < 1.29 is 9.53 Å². The SMILES string of the molecule is COc1cccc(NC(=O)c2cnc(NCCCN(C)C)cn2)c1. The Kier molecular flexibility index (Phi) is 6.51. The summed E-state index contributed by atoms with van der Waals surface area (Å²) in [5.41, 5.74) is 0.906. The molecular formula is C17H23N5O2. The number of hydrogen-bond acceptors (Lipinski definition) is 6. The summed E-state index contributed by atoms with van der Waals surface area (Å²) >= 11 is 0. The van der Waals surface area contributed by atoms with Crippen LogP contribution in [0, 0.1) is 0 Å². The van der Waals surface area contributed by atoms with Crippen LogP contribution >= 0.6 is 0 Å². The second-order valence-corrected chi connectivity index (χ2v) is 5.56. The molecule has 0 saturated heterocycles. The van der Waals surface area contributed by atoms with E-state index in [0.717, 1.165) is 19.5 Å². The number of amides is 1. The third kappa shape index (κ3) is 5.51. The highest BCUT2D eigenvalue weighted by molar-refractivity contribution is 6.02. The topological polar surface area (TPSA) is 79.4 Å². The molecule has 7 heteroatoms. The molecule has 7 nitrogen and oxygen atoms in total. The number of aromatic nitrogens is 2. The number of carbonyl (C=O) groups excluding carboxylic acids is 1. The van der Waals surface area contributed by atoms with Crippen molar-refractivity contribution in [3.8, 4) is 5.75 Å². The number of ether oxygens (including phenoxy) is 1. The van der Waals surface area contributed by atoms with Gasteiger partial charge >= 0.3 is 0 Å². The summed E-state index contributed by atoms with van der Waals surface area (Å²) in [6, 6.07) is 7.15. The standard InChI is InChI=1S/C17H23N5O2/c1-22(2)9-5-8-18-16-12-19-15(11-20-16)17(23)21-13-6-4-7-14(10-13)24-3/h4,6-7,10-12H,5,8-9H2,1-3H3,(H,18,20)(H,21,23). The molecule has 0 bridgehead atoms. The molecule has 1 amide bonds. The Morgan fingerprint density at radius 2 is 2.08 bits per heavy atom. The number of rotatable bonds is 8. The summed E-state index contributed by atoms with van der Waals surface area (Å²) in [5, 5.41) is 5.95. The average Bonchev–Trinajstić information content (AvgIpc) is 2.59. The van der Waals surface area contributed by atoms with E-state index in [1.54, 1.807) is 31.5 Å². The van der Waals surface area contributed by atoms with Crippen LogP contribution < -0.4 is 15.4 Å². The van der Waals surface area contributed by atoms with Gasteiger partial charge in [0.2, 0.25) is 0 Å². The van der Waals surface area contributed by atoms with Crippen molar-refractivity contribution in [2.75, 3.05) is 44.9 Å². The van der Waals surface area contributed by atoms with Gasteiger partial charge in [-0.2, -0.15) is 0 Å². The molecule has 1 heterocycles. The molecule has 2 N–H and O–H groups in total. The molecule has 0 aliphatic heterocycles. The predicted molar refractivity (Wildman–Crippen MR) is 94.6 cm³/mol. The molecule has 0 radical (unpaired) electrons. The van der Waals surface area contributed by atoms with Gasteiger partial charge in [-0.1, -0.05) is 6.07 Å². The summed E-state index contributed by atoms with van der Waals surface area (Å²) in [4.78, 5) is 22.7. The van der Waals surface area contributed by atoms with E-state index in [2.05, 4.69) is 25.5 Å². The maximum Gasteiger partial charge on any atom is 0.275 e. The quantitative estimate of drug-likeness (QED) is 0.722. The van der Waals surface area contributed by atoms with Crippen molar-refractivity contribution >= 4 is 17.4 Å². The van der Waals surface area contributed by atoms with Gasteiger partial charge in [0, 0.05) is 18.3 Å². The maximum atomic E-state index is 12.2. The molecule has 0 unspecified atom stereocenters. The van der Waals surface area contributed by atoms with Crippen LogP contribution in [0.25, 0.3) is 0 Å². The Morgan fingerprint density at radius 3 is 2.75 bits per heavy atom.